The van der Waals surface area contributed by atoms with Gasteiger partial charge in [-0.3, -0.25) is 4.79 Å². The first-order valence-electron chi connectivity index (χ1n) is 7.42. The summed E-state index contributed by atoms with van der Waals surface area (Å²) in [7, 11) is 0. The van der Waals surface area contributed by atoms with Gasteiger partial charge in [0.05, 0.1) is 11.7 Å². The SMILES string of the molecule is CCC1CC2=C(C(=O)O)C(=O)CCC2[C@@H]1OC(C)(C)C. The largest absolute Gasteiger partial charge is 0.478 e. The zero-order valence-corrected chi connectivity index (χ0v) is 12.7. The number of carboxylic acids is 1. The highest BCUT2D eigenvalue weighted by Gasteiger charge is 2.46. The molecule has 0 bridgehead atoms. The normalized spacial score (nSPS) is 30.6. The summed E-state index contributed by atoms with van der Waals surface area (Å²) in [6.07, 6.45) is 2.73. The molecule has 2 unspecified atom stereocenters. The molecule has 2 rings (SSSR count). The van der Waals surface area contributed by atoms with Crippen molar-refractivity contribution in [3.05, 3.63) is 11.1 Å². The van der Waals surface area contributed by atoms with Crippen LogP contribution in [0.5, 0.6) is 0 Å². The Bertz CT molecular complexity index is 456. The van der Waals surface area contributed by atoms with Crippen LogP contribution in [0.4, 0.5) is 0 Å². The zero-order valence-electron chi connectivity index (χ0n) is 12.7. The van der Waals surface area contributed by atoms with Crippen LogP contribution in [-0.4, -0.2) is 28.6 Å². The molecule has 0 spiro atoms. The van der Waals surface area contributed by atoms with Crippen LogP contribution in [0, 0.1) is 11.8 Å². The van der Waals surface area contributed by atoms with E-state index in [1.54, 1.807) is 0 Å². The maximum Gasteiger partial charge on any atom is 0.339 e. The molecule has 0 aliphatic heterocycles. The minimum absolute atomic E-state index is 0.0393. The molecular formula is C16H24O4. The van der Waals surface area contributed by atoms with E-state index >= 15 is 0 Å². The molecule has 2 aliphatic rings. The van der Waals surface area contributed by atoms with E-state index in [1.807, 2.05) is 20.8 Å². The number of aliphatic carboxylic acids is 1. The van der Waals surface area contributed by atoms with Crippen molar-refractivity contribution in [3.63, 3.8) is 0 Å². The van der Waals surface area contributed by atoms with E-state index < -0.39 is 5.97 Å². The lowest BCUT2D eigenvalue weighted by atomic mass is 9.83. The topological polar surface area (TPSA) is 63.6 Å². The van der Waals surface area contributed by atoms with Crippen molar-refractivity contribution in [3.8, 4) is 0 Å². The van der Waals surface area contributed by atoms with Gasteiger partial charge < -0.3 is 9.84 Å². The van der Waals surface area contributed by atoms with E-state index in [9.17, 15) is 14.7 Å². The average Bonchev–Trinajstić information content (AvgIpc) is 2.64. The second-order valence-electron chi connectivity index (χ2n) is 6.84. The number of hydrogen-bond acceptors (Lipinski definition) is 3. The van der Waals surface area contributed by atoms with Gasteiger partial charge in [0.2, 0.25) is 0 Å². The molecule has 0 heterocycles. The number of hydrogen-bond donors (Lipinski definition) is 1. The second kappa shape index (κ2) is 5.32. The maximum atomic E-state index is 11.9. The van der Waals surface area contributed by atoms with Crippen LogP contribution in [0.1, 0.15) is 53.4 Å². The third-order valence-electron chi connectivity index (χ3n) is 4.30. The van der Waals surface area contributed by atoms with Gasteiger partial charge >= 0.3 is 5.97 Å². The zero-order chi connectivity index (χ0) is 15.1. The Kier molecular flexibility index (Phi) is 4.05. The van der Waals surface area contributed by atoms with Crippen molar-refractivity contribution in [1.29, 1.82) is 0 Å². The Morgan fingerprint density at radius 2 is 2.05 bits per heavy atom. The number of rotatable bonds is 3. The van der Waals surface area contributed by atoms with Crippen molar-refractivity contribution >= 4 is 11.8 Å². The summed E-state index contributed by atoms with van der Waals surface area (Å²) in [6, 6.07) is 0. The molecule has 20 heavy (non-hydrogen) atoms. The van der Waals surface area contributed by atoms with E-state index in [2.05, 4.69) is 6.92 Å². The summed E-state index contributed by atoms with van der Waals surface area (Å²) in [5.74, 6) is -0.867. The molecule has 4 nitrogen and oxygen atoms in total. The highest BCUT2D eigenvalue weighted by atomic mass is 16.5. The number of Topliss-reactive ketones (excluding diaryl/α,β-unsaturated/α-hetero) is 1. The molecule has 1 saturated carbocycles. The van der Waals surface area contributed by atoms with Gasteiger partial charge in [0.15, 0.2) is 5.78 Å². The number of ketones is 1. The van der Waals surface area contributed by atoms with E-state index in [0.717, 1.165) is 18.4 Å². The number of fused-ring (bicyclic) bond motifs is 1. The van der Waals surface area contributed by atoms with Gasteiger partial charge in [-0.05, 0) is 45.1 Å². The van der Waals surface area contributed by atoms with Crippen LogP contribution in [0.15, 0.2) is 11.1 Å². The monoisotopic (exact) mass is 280 g/mol. The first-order chi connectivity index (χ1) is 9.24. The highest BCUT2D eigenvalue weighted by molar-refractivity contribution is 6.17. The first-order valence-corrected chi connectivity index (χ1v) is 7.42. The number of carbonyl (C=O) groups excluding carboxylic acids is 1. The first kappa shape index (κ1) is 15.2. The molecule has 3 atom stereocenters. The van der Waals surface area contributed by atoms with E-state index in [-0.39, 0.29) is 29.0 Å². The number of ether oxygens (including phenoxy) is 1. The fourth-order valence-electron chi connectivity index (χ4n) is 3.51. The molecule has 0 amide bonds. The Balaban J connectivity index is 2.38. The summed E-state index contributed by atoms with van der Waals surface area (Å²) < 4.78 is 6.20. The summed E-state index contributed by atoms with van der Waals surface area (Å²) in [4.78, 5) is 23.3. The molecule has 4 heteroatoms. The summed E-state index contributed by atoms with van der Waals surface area (Å²) >= 11 is 0. The minimum Gasteiger partial charge on any atom is -0.478 e. The molecule has 0 saturated heterocycles. The number of carbonyl (C=O) groups is 2. The quantitative estimate of drug-likeness (QED) is 0.807. The van der Waals surface area contributed by atoms with Gasteiger partial charge in [0.1, 0.15) is 5.57 Å². The molecule has 0 aromatic rings. The number of carboxylic acid groups (broad SMARTS) is 1. The predicted molar refractivity (Wildman–Crippen MR) is 75.4 cm³/mol. The van der Waals surface area contributed by atoms with E-state index in [0.29, 0.717) is 18.8 Å². The van der Waals surface area contributed by atoms with E-state index in [1.165, 1.54) is 0 Å². The lowest BCUT2D eigenvalue weighted by Crippen LogP contribution is -2.35. The van der Waals surface area contributed by atoms with Gasteiger partial charge in [-0.25, -0.2) is 4.79 Å². The Labute approximate surface area is 120 Å². The summed E-state index contributed by atoms with van der Waals surface area (Å²) in [6.45, 7) is 8.17. The average molecular weight is 280 g/mol. The highest BCUT2D eigenvalue weighted by Crippen LogP contribution is 2.47. The predicted octanol–water partition coefficient (Wildman–Crippen LogP) is 2.96. The molecule has 0 aromatic carbocycles. The second-order valence-corrected chi connectivity index (χ2v) is 6.84. The van der Waals surface area contributed by atoms with Crippen LogP contribution in [0.3, 0.4) is 0 Å². The lowest BCUT2D eigenvalue weighted by Gasteiger charge is -2.33. The van der Waals surface area contributed by atoms with Gasteiger partial charge in [-0.15, -0.1) is 0 Å². The summed E-state index contributed by atoms with van der Waals surface area (Å²) in [5, 5.41) is 9.31. The molecule has 2 aliphatic carbocycles. The lowest BCUT2D eigenvalue weighted by molar-refractivity contribution is -0.135. The maximum absolute atomic E-state index is 11.9. The van der Waals surface area contributed by atoms with Crippen LogP contribution in [0.25, 0.3) is 0 Å². The van der Waals surface area contributed by atoms with Gasteiger partial charge in [0.25, 0.3) is 0 Å². The fraction of sp³-hybridized carbons (Fsp3) is 0.750. The molecule has 0 radical (unpaired) electrons. The van der Waals surface area contributed by atoms with Gasteiger partial charge in [0, 0.05) is 12.3 Å². The van der Waals surface area contributed by atoms with Crippen LogP contribution in [0.2, 0.25) is 0 Å². The van der Waals surface area contributed by atoms with Crippen LogP contribution >= 0.6 is 0 Å². The van der Waals surface area contributed by atoms with Crippen molar-refractivity contribution < 1.29 is 19.4 Å². The van der Waals surface area contributed by atoms with Crippen LogP contribution < -0.4 is 0 Å². The van der Waals surface area contributed by atoms with Gasteiger partial charge in [-0.2, -0.15) is 0 Å². The van der Waals surface area contributed by atoms with Crippen LogP contribution in [-0.2, 0) is 14.3 Å². The van der Waals surface area contributed by atoms with Gasteiger partial charge in [-0.1, -0.05) is 13.3 Å². The molecular weight excluding hydrogens is 256 g/mol. The van der Waals surface area contributed by atoms with Crippen molar-refractivity contribution in [2.24, 2.45) is 11.8 Å². The van der Waals surface area contributed by atoms with Crippen molar-refractivity contribution in [2.75, 3.05) is 0 Å². The third-order valence-corrected chi connectivity index (χ3v) is 4.30. The summed E-state index contributed by atoms with van der Waals surface area (Å²) in [5.41, 5.74) is 0.618. The Morgan fingerprint density at radius 3 is 2.55 bits per heavy atom. The van der Waals surface area contributed by atoms with E-state index in [4.69, 9.17) is 4.74 Å². The minimum atomic E-state index is -1.07. The fourth-order valence-corrected chi connectivity index (χ4v) is 3.51. The third kappa shape index (κ3) is 2.80. The molecule has 1 fully saturated rings. The van der Waals surface area contributed by atoms with Crippen molar-refractivity contribution in [2.45, 2.75) is 65.1 Å². The molecule has 0 aromatic heterocycles. The smallest absolute Gasteiger partial charge is 0.339 e. The Morgan fingerprint density at radius 1 is 1.40 bits per heavy atom. The standard InChI is InChI=1S/C16H24O4/c1-5-9-8-11-10(14(9)20-16(2,3)4)6-7-12(17)13(11)15(18)19/h9-10,14H,5-8H2,1-4H3,(H,18,19)/t9?,10?,14-/m1/s1. The molecule has 1 N–H and O–H groups in total. The molecule has 112 valence electrons. The Hall–Kier alpha value is -1.16. The van der Waals surface area contributed by atoms with Crippen molar-refractivity contribution in [1.82, 2.24) is 0 Å².